The molecule has 0 heterocycles. The van der Waals surface area contributed by atoms with Crippen molar-refractivity contribution in [3.8, 4) is 17.2 Å². The predicted octanol–water partition coefficient (Wildman–Crippen LogP) is 4.35. The molecular weight excluding hydrogens is 356 g/mol. The summed E-state index contributed by atoms with van der Waals surface area (Å²) in [6.07, 6.45) is 4.46. The van der Waals surface area contributed by atoms with Crippen LogP contribution < -0.4 is 24.8 Å². The molecule has 1 aliphatic rings. The van der Waals surface area contributed by atoms with Crippen LogP contribution in [0.15, 0.2) is 42.5 Å². The molecule has 150 valence electrons. The lowest BCUT2D eigenvalue weighted by molar-refractivity contribution is 0.248. The molecule has 3 rings (SSSR count). The highest BCUT2D eigenvalue weighted by molar-refractivity contribution is 5.89. The van der Waals surface area contributed by atoms with E-state index in [1.165, 1.54) is 18.4 Å². The molecule has 6 nitrogen and oxygen atoms in total. The van der Waals surface area contributed by atoms with E-state index in [9.17, 15) is 4.79 Å². The van der Waals surface area contributed by atoms with E-state index in [2.05, 4.69) is 22.8 Å². The first-order chi connectivity index (χ1) is 13.6. The van der Waals surface area contributed by atoms with Crippen molar-refractivity contribution in [3.05, 3.63) is 48.0 Å². The maximum Gasteiger partial charge on any atom is 0.319 e. The van der Waals surface area contributed by atoms with Crippen LogP contribution in [0.1, 0.15) is 31.2 Å². The quantitative estimate of drug-likeness (QED) is 0.745. The molecule has 0 bridgehead atoms. The first-order valence-electron chi connectivity index (χ1n) is 9.51. The Morgan fingerprint density at radius 1 is 0.893 bits per heavy atom. The molecule has 0 atom stereocenters. The van der Waals surface area contributed by atoms with Gasteiger partial charge >= 0.3 is 6.03 Å². The van der Waals surface area contributed by atoms with Crippen LogP contribution in [0.2, 0.25) is 0 Å². The van der Waals surface area contributed by atoms with Crippen molar-refractivity contribution in [3.63, 3.8) is 0 Å². The van der Waals surface area contributed by atoms with Gasteiger partial charge in [0, 0.05) is 35.8 Å². The molecule has 1 saturated carbocycles. The number of rotatable bonds is 7. The Kier molecular flexibility index (Phi) is 6.29. The fourth-order valence-corrected chi connectivity index (χ4v) is 3.87. The van der Waals surface area contributed by atoms with E-state index in [-0.39, 0.29) is 11.4 Å². The summed E-state index contributed by atoms with van der Waals surface area (Å²) in [5, 5.41) is 5.93. The van der Waals surface area contributed by atoms with E-state index in [0.29, 0.717) is 23.7 Å². The normalized spacial score (nSPS) is 15.0. The van der Waals surface area contributed by atoms with Crippen LogP contribution in [-0.2, 0) is 5.41 Å². The zero-order valence-electron chi connectivity index (χ0n) is 16.7. The predicted molar refractivity (Wildman–Crippen MR) is 110 cm³/mol. The van der Waals surface area contributed by atoms with Gasteiger partial charge in [0.2, 0.25) is 0 Å². The first kappa shape index (κ1) is 19.9. The Balaban J connectivity index is 1.67. The molecule has 6 heteroatoms. The highest BCUT2D eigenvalue weighted by atomic mass is 16.5. The monoisotopic (exact) mass is 384 g/mol. The smallest absolute Gasteiger partial charge is 0.319 e. The Morgan fingerprint density at radius 3 is 2.00 bits per heavy atom. The second kappa shape index (κ2) is 8.87. The number of anilines is 1. The molecule has 2 aromatic rings. The molecule has 0 aliphatic heterocycles. The number of hydrogen-bond donors (Lipinski definition) is 2. The van der Waals surface area contributed by atoms with Gasteiger partial charge in [-0.2, -0.15) is 0 Å². The standard InChI is InChI=1S/C22H28N2O4/c1-26-18-8-6-16(7-9-18)22(10-4-5-11-22)15-23-21(25)24-17-12-19(27-2)14-20(13-17)28-3/h6-9,12-14H,4-5,10-11,15H2,1-3H3,(H2,23,24,25). The Morgan fingerprint density at radius 2 is 1.46 bits per heavy atom. The van der Waals surface area contributed by atoms with Crippen LogP contribution in [0, 0.1) is 0 Å². The van der Waals surface area contributed by atoms with E-state index in [1.54, 1.807) is 39.5 Å². The first-order valence-corrected chi connectivity index (χ1v) is 9.51. The third-order valence-electron chi connectivity index (χ3n) is 5.46. The minimum Gasteiger partial charge on any atom is -0.497 e. The lowest BCUT2D eigenvalue weighted by Gasteiger charge is -2.30. The van der Waals surface area contributed by atoms with Gasteiger partial charge in [0.05, 0.1) is 21.3 Å². The lowest BCUT2D eigenvalue weighted by Crippen LogP contribution is -2.40. The number of carbonyl (C=O) groups is 1. The number of methoxy groups -OCH3 is 3. The summed E-state index contributed by atoms with van der Waals surface area (Å²) < 4.78 is 15.8. The van der Waals surface area contributed by atoms with Gasteiger partial charge in [0.15, 0.2) is 0 Å². The molecule has 0 spiro atoms. The van der Waals surface area contributed by atoms with Crippen LogP contribution in [0.4, 0.5) is 10.5 Å². The number of ether oxygens (including phenoxy) is 3. The van der Waals surface area contributed by atoms with Gasteiger partial charge in [-0.05, 0) is 30.5 Å². The van der Waals surface area contributed by atoms with E-state index in [4.69, 9.17) is 14.2 Å². The molecule has 2 aromatic carbocycles. The Hall–Kier alpha value is -2.89. The van der Waals surface area contributed by atoms with Gasteiger partial charge in [-0.25, -0.2) is 4.79 Å². The molecular formula is C22H28N2O4. The maximum absolute atomic E-state index is 12.5. The van der Waals surface area contributed by atoms with E-state index < -0.39 is 0 Å². The van der Waals surface area contributed by atoms with Crippen molar-refractivity contribution in [2.75, 3.05) is 33.2 Å². The van der Waals surface area contributed by atoms with Gasteiger partial charge in [-0.3, -0.25) is 0 Å². The van der Waals surface area contributed by atoms with Crippen molar-refractivity contribution in [1.29, 1.82) is 0 Å². The number of carbonyl (C=O) groups excluding carboxylic acids is 1. The third kappa shape index (κ3) is 4.50. The summed E-state index contributed by atoms with van der Waals surface area (Å²) >= 11 is 0. The molecule has 0 saturated heterocycles. The maximum atomic E-state index is 12.5. The van der Waals surface area contributed by atoms with E-state index in [0.717, 1.165) is 18.6 Å². The van der Waals surface area contributed by atoms with Crippen LogP contribution in [0.5, 0.6) is 17.2 Å². The number of benzene rings is 2. The zero-order valence-corrected chi connectivity index (χ0v) is 16.7. The highest BCUT2D eigenvalue weighted by Gasteiger charge is 2.35. The number of urea groups is 1. The average molecular weight is 384 g/mol. The van der Waals surface area contributed by atoms with Crippen LogP contribution in [0.3, 0.4) is 0 Å². The van der Waals surface area contributed by atoms with Gasteiger partial charge in [0.25, 0.3) is 0 Å². The Labute approximate surface area is 166 Å². The summed E-state index contributed by atoms with van der Waals surface area (Å²) in [5.41, 5.74) is 1.84. The van der Waals surface area contributed by atoms with Crippen molar-refractivity contribution < 1.29 is 19.0 Å². The number of nitrogens with one attached hydrogen (secondary N) is 2. The third-order valence-corrected chi connectivity index (χ3v) is 5.46. The molecule has 2 N–H and O–H groups in total. The van der Waals surface area contributed by atoms with Crippen molar-refractivity contribution in [2.24, 2.45) is 0 Å². The molecule has 0 radical (unpaired) electrons. The summed E-state index contributed by atoms with van der Waals surface area (Å²) in [5.74, 6) is 2.09. The fourth-order valence-electron chi connectivity index (χ4n) is 3.87. The highest BCUT2D eigenvalue weighted by Crippen LogP contribution is 2.41. The second-order valence-corrected chi connectivity index (χ2v) is 7.12. The SMILES string of the molecule is COc1ccc(C2(CNC(=O)Nc3cc(OC)cc(OC)c3)CCCC2)cc1. The minimum absolute atomic E-state index is 0.0321. The van der Waals surface area contributed by atoms with E-state index in [1.807, 2.05) is 12.1 Å². The second-order valence-electron chi connectivity index (χ2n) is 7.12. The average Bonchev–Trinajstić information content (AvgIpc) is 3.22. The molecule has 0 aromatic heterocycles. The van der Waals surface area contributed by atoms with Crippen LogP contribution in [-0.4, -0.2) is 33.9 Å². The van der Waals surface area contributed by atoms with Gasteiger partial charge in [0.1, 0.15) is 17.2 Å². The Bertz CT molecular complexity index is 776. The summed E-state index contributed by atoms with van der Waals surface area (Å²) in [6.45, 7) is 0.590. The summed E-state index contributed by atoms with van der Waals surface area (Å²) in [4.78, 5) is 12.5. The van der Waals surface area contributed by atoms with Gasteiger partial charge in [-0.1, -0.05) is 25.0 Å². The minimum atomic E-state index is -0.241. The largest absolute Gasteiger partial charge is 0.497 e. The van der Waals surface area contributed by atoms with Gasteiger partial charge < -0.3 is 24.8 Å². The van der Waals surface area contributed by atoms with Crippen LogP contribution >= 0.6 is 0 Å². The molecule has 2 amide bonds. The fraction of sp³-hybridized carbons (Fsp3) is 0.409. The summed E-state index contributed by atoms with van der Waals surface area (Å²) in [7, 11) is 4.83. The van der Waals surface area contributed by atoms with Gasteiger partial charge in [-0.15, -0.1) is 0 Å². The van der Waals surface area contributed by atoms with Crippen molar-refractivity contribution in [1.82, 2.24) is 5.32 Å². The zero-order chi connectivity index (χ0) is 20.0. The molecule has 0 unspecified atom stereocenters. The molecule has 28 heavy (non-hydrogen) atoms. The topological polar surface area (TPSA) is 68.8 Å². The lowest BCUT2D eigenvalue weighted by atomic mass is 9.79. The van der Waals surface area contributed by atoms with Crippen molar-refractivity contribution in [2.45, 2.75) is 31.1 Å². The van der Waals surface area contributed by atoms with Crippen molar-refractivity contribution >= 4 is 11.7 Å². The van der Waals surface area contributed by atoms with E-state index >= 15 is 0 Å². The number of hydrogen-bond acceptors (Lipinski definition) is 4. The number of amides is 2. The summed E-state index contributed by atoms with van der Waals surface area (Å²) in [6, 6.07) is 13.2. The van der Waals surface area contributed by atoms with Crippen LogP contribution in [0.25, 0.3) is 0 Å². The molecule has 1 aliphatic carbocycles. The molecule has 1 fully saturated rings.